The highest BCUT2D eigenvalue weighted by molar-refractivity contribution is 6.30. The van der Waals surface area contributed by atoms with Gasteiger partial charge in [-0.2, -0.15) is 0 Å². The molecule has 0 spiro atoms. The fourth-order valence-corrected chi connectivity index (χ4v) is 1.57. The first-order chi connectivity index (χ1) is 8.56. The molecule has 0 saturated heterocycles. The van der Waals surface area contributed by atoms with E-state index in [0.29, 0.717) is 22.0 Å². The predicted octanol–water partition coefficient (Wildman–Crippen LogP) is 3.00. The largest absolute Gasteiger partial charge is 0.508 e. The molecule has 0 saturated carbocycles. The van der Waals surface area contributed by atoms with Gasteiger partial charge in [-0.25, -0.2) is 4.98 Å². The van der Waals surface area contributed by atoms with Crippen molar-refractivity contribution in [1.29, 1.82) is 0 Å². The Kier molecular flexibility index (Phi) is 3.48. The number of benzene rings is 1. The molecule has 2 N–H and O–H groups in total. The highest BCUT2D eigenvalue weighted by Gasteiger charge is 2.08. The minimum Gasteiger partial charge on any atom is -0.508 e. The number of phenolic OH excluding ortho intramolecular Hbond substituents is 1. The number of amides is 1. The number of aryl methyl sites for hydroxylation is 1. The van der Waals surface area contributed by atoms with Crippen LogP contribution in [-0.2, 0) is 0 Å². The van der Waals surface area contributed by atoms with Gasteiger partial charge in [-0.15, -0.1) is 0 Å². The summed E-state index contributed by atoms with van der Waals surface area (Å²) in [5, 5.41) is 12.6. The summed E-state index contributed by atoms with van der Waals surface area (Å²) < 4.78 is 0. The van der Waals surface area contributed by atoms with Gasteiger partial charge in [0.05, 0.1) is 0 Å². The lowest BCUT2D eigenvalue weighted by atomic mass is 10.1. The van der Waals surface area contributed by atoms with Gasteiger partial charge < -0.3 is 10.4 Å². The van der Waals surface area contributed by atoms with E-state index in [9.17, 15) is 9.90 Å². The molecule has 4 nitrogen and oxygen atoms in total. The number of phenols is 1. The quantitative estimate of drug-likeness (QED) is 0.875. The number of anilines is 1. The molecule has 0 aliphatic rings. The molecule has 92 valence electrons. The average molecular weight is 263 g/mol. The number of pyridine rings is 1. The van der Waals surface area contributed by atoms with Crippen molar-refractivity contribution in [2.24, 2.45) is 0 Å². The van der Waals surface area contributed by atoms with Crippen LogP contribution in [0.15, 0.2) is 36.5 Å². The van der Waals surface area contributed by atoms with Gasteiger partial charge in [-0.3, -0.25) is 4.79 Å². The summed E-state index contributed by atoms with van der Waals surface area (Å²) in [7, 11) is 0. The minimum absolute atomic E-state index is 0.0849. The Morgan fingerprint density at radius 3 is 2.78 bits per heavy atom. The Morgan fingerprint density at radius 2 is 2.11 bits per heavy atom. The Balaban J connectivity index is 2.19. The van der Waals surface area contributed by atoms with Crippen molar-refractivity contribution in [3.8, 4) is 5.75 Å². The molecule has 1 amide bonds. The summed E-state index contributed by atoms with van der Waals surface area (Å²) in [5.74, 6) is 0.106. The summed E-state index contributed by atoms with van der Waals surface area (Å²) in [5.41, 5.74) is 1.08. The first-order valence-corrected chi connectivity index (χ1v) is 5.66. The summed E-state index contributed by atoms with van der Waals surface area (Å²) in [6.07, 6.45) is 1.50. The number of nitrogens with one attached hydrogen (secondary N) is 1. The van der Waals surface area contributed by atoms with Crippen LogP contribution in [0.3, 0.4) is 0 Å². The number of carbonyl (C=O) groups excluding carboxylic acids is 1. The maximum atomic E-state index is 11.9. The van der Waals surface area contributed by atoms with Gasteiger partial charge in [0.25, 0.3) is 5.91 Å². The maximum Gasteiger partial charge on any atom is 0.256 e. The third-order valence-corrected chi connectivity index (χ3v) is 2.67. The lowest BCUT2D eigenvalue weighted by Gasteiger charge is -2.06. The number of carbonyl (C=O) groups is 1. The molecule has 0 fully saturated rings. The second-order valence-electron chi connectivity index (χ2n) is 3.81. The van der Waals surface area contributed by atoms with Crippen molar-refractivity contribution in [2.75, 3.05) is 5.32 Å². The van der Waals surface area contributed by atoms with Crippen LogP contribution in [0.1, 0.15) is 15.9 Å². The summed E-state index contributed by atoms with van der Waals surface area (Å²) in [6, 6.07) is 7.89. The second-order valence-corrected chi connectivity index (χ2v) is 4.25. The van der Waals surface area contributed by atoms with Crippen LogP contribution in [0, 0.1) is 6.92 Å². The third kappa shape index (κ3) is 2.78. The van der Waals surface area contributed by atoms with Crippen LogP contribution in [0.2, 0.25) is 5.02 Å². The highest BCUT2D eigenvalue weighted by Crippen LogP contribution is 2.18. The fraction of sp³-hybridized carbons (Fsp3) is 0.0769. The van der Waals surface area contributed by atoms with E-state index >= 15 is 0 Å². The second kappa shape index (κ2) is 5.06. The van der Waals surface area contributed by atoms with Crippen molar-refractivity contribution in [1.82, 2.24) is 4.98 Å². The molecule has 5 heteroatoms. The Hall–Kier alpha value is -2.07. The minimum atomic E-state index is -0.347. The van der Waals surface area contributed by atoms with E-state index in [4.69, 9.17) is 11.6 Å². The molecule has 18 heavy (non-hydrogen) atoms. The van der Waals surface area contributed by atoms with Gasteiger partial charge in [0.2, 0.25) is 0 Å². The van der Waals surface area contributed by atoms with E-state index in [-0.39, 0.29) is 11.7 Å². The third-order valence-electron chi connectivity index (χ3n) is 2.43. The van der Waals surface area contributed by atoms with Crippen LogP contribution >= 0.6 is 11.6 Å². The Bertz CT molecular complexity index is 599. The van der Waals surface area contributed by atoms with Gasteiger partial charge in [-0.05, 0) is 36.8 Å². The number of hydrogen-bond donors (Lipinski definition) is 2. The van der Waals surface area contributed by atoms with Crippen molar-refractivity contribution < 1.29 is 9.90 Å². The van der Waals surface area contributed by atoms with Crippen LogP contribution in [0.4, 0.5) is 5.82 Å². The van der Waals surface area contributed by atoms with Gasteiger partial charge in [0, 0.05) is 16.8 Å². The van der Waals surface area contributed by atoms with Gasteiger partial charge in [0.15, 0.2) is 0 Å². The smallest absolute Gasteiger partial charge is 0.256 e. The summed E-state index contributed by atoms with van der Waals surface area (Å²) >= 11 is 5.79. The zero-order valence-corrected chi connectivity index (χ0v) is 10.4. The molecule has 1 heterocycles. The molecule has 1 aromatic heterocycles. The van der Waals surface area contributed by atoms with Crippen LogP contribution < -0.4 is 5.32 Å². The zero-order chi connectivity index (χ0) is 13.1. The number of aromatic hydroxyl groups is 1. The SMILES string of the molecule is Cc1ccc(C(=O)Nc2cc(Cl)ccn2)cc1O. The average Bonchev–Trinajstić information content (AvgIpc) is 2.32. The number of halogens is 1. The van der Waals surface area contributed by atoms with E-state index in [2.05, 4.69) is 10.3 Å². The number of aromatic nitrogens is 1. The van der Waals surface area contributed by atoms with E-state index in [1.165, 1.54) is 12.3 Å². The first-order valence-electron chi connectivity index (χ1n) is 5.29. The molecule has 1 aromatic carbocycles. The number of nitrogens with zero attached hydrogens (tertiary/aromatic N) is 1. The monoisotopic (exact) mass is 262 g/mol. The van der Waals surface area contributed by atoms with E-state index in [1.54, 1.807) is 31.2 Å². The summed E-state index contributed by atoms with van der Waals surface area (Å²) in [6.45, 7) is 1.76. The van der Waals surface area contributed by atoms with E-state index in [1.807, 2.05) is 0 Å². The molecule has 0 radical (unpaired) electrons. The summed E-state index contributed by atoms with van der Waals surface area (Å²) in [4.78, 5) is 15.8. The Morgan fingerprint density at radius 1 is 1.33 bits per heavy atom. The lowest BCUT2D eigenvalue weighted by Crippen LogP contribution is -2.12. The normalized spacial score (nSPS) is 10.1. The molecule has 0 atom stereocenters. The molecular formula is C13H11ClN2O2. The lowest BCUT2D eigenvalue weighted by molar-refractivity contribution is 0.102. The molecule has 0 unspecified atom stereocenters. The standard InChI is InChI=1S/C13H11ClN2O2/c1-8-2-3-9(6-11(8)17)13(18)16-12-7-10(14)4-5-15-12/h2-7,17H,1H3,(H,15,16,18). The van der Waals surface area contributed by atoms with E-state index in [0.717, 1.165) is 0 Å². The molecule has 0 bridgehead atoms. The molecule has 2 rings (SSSR count). The van der Waals surface area contributed by atoms with Crippen molar-refractivity contribution in [2.45, 2.75) is 6.92 Å². The van der Waals surface area contributed by atoms with Crippen molar-refractivity contribution >= 4 is 23.3 Å². The van der Waals surface area contributed by atoms with E-state index < -0.39 is 0 Å². The number of hydrogen-bond acceptors (Lipinski definition) is 3. The number of rotatable bonds is 2. The van der Waals surface area contributed by atoms with Crippen molar-refractivity contribution in [3.63, 3.8) is 0 Å². The molecule has 0 aliphatic carbocycles. The Labute approximate surface area is 109 Å². The fourth-order valence-electron chi connectivity index (χ4n) is 1.41. The molecule has 0 aliphatic heterocycles. The van der Waals surface area contributed by atoms with Crippen LogP contribution in [0.25, 0.3) is 0 Å². The van der Waals surface area contributed by atoms with Crippen LogP contribution in [0.5, 0.6) is 5.75 Å². The zero-order valence-electron chi connectivity index (χ0n) is 9.64. The molecule has 2 aromatic rings. The van der Waals surface area contributed by atoms with Gasteiger partial charge in [0.1, 0.15) is 11.6 Å². The maximum absolute atomic E-state index is 11.9. The predicted molar refractivity (Wildman–Crippen MR) is 70.0 cm³/mol. The topological polar surface area (TPSA) is 62.2 Å². The van der Waals surface area contributed by atoms with Crippen molar-refractivity contribution in [3.05, 3.63) is 52.7 Å². The van der Waals surface area contributed by atoms with Gasteiger partial charge >= 0.3 is 0 Å². The molecular weight excluding hydrogens is 252 g/mol. The highest BCUT2D eigenvalue weighted by atomic mass is 35.5. The van der Waals surface area contributed by atoms with Gasteiger partial charge in [-0.1, -0.05) is 17.7 Å². The van der Waals surface area contributed by atoms with Crippen LogP contribution in [-0.4, -0.2) is 16.0 Å². The first kappa shape index (κ1) is 12.4.